The standard InChI is InChI=1S/C85H68F2N2O2/c1-49-39-50(2)42-55(41-49)53-19-29-61(30-20-53)88(63-33-23-57(24-34-63)83(5,6)7)73-47-71-79(81-77(73)65-15-11-13-17-75(65)90-81)80-72(85(71)69-37-27-59(86)45-67(69)68-46-60(87)28-38-70(68)85)48-74(78-66-16-12-14-18-76(66)91-82(78)80)89(64-35-25-58(26-36-64)84(8,9)10)62-31-21-54(22-32-62)56-43-51(3)40-52(4)44-56/h11-48H,1-10H3. The minimum absolute atomic E-state index is 0.102. The lowest BCUT2D eigenvalue weighted by Gasteiger charge is -2.34. The Balaban J connectivity index is 1.05. The minimum Gasteiger partial charge on any atom is -0.455 e. The van der Waals surface area contributed by atoms with Gasteiger partial charge >= 0.3 is 0 Å². The van der Waals surface area contributed by atoms with Gasteiger partial charge in [-0.2, -0.15) is 0 Å². The lowest BCUT2D eigenvalue weighted by Crippen LogP contribution is -2.27. The summed E-state index contributed by atoms with van der Waals surface area (Å²) in [6.07, 6.45) is 0. The third kappa shape index (κ3) is 8.81. The van der Waals surface area contributed by atoms with Crippen molar-refractivity contribution in [1.82, 2.24) is 0 Å². The first-order chi connectivity index (χ1) is 43.8. The summed E-state index contributed by atoms with van der Waals surface area (Å²) >= 11 is 0. The topological polar surface area (TPSA) is 32.8 Å². The van der Waals surface area contributed by atoms with Crippen molar-refractivity contribution in [3.63, 3.8) is 0 Å². The van der Waals surface area contributed by atoms with Gasteiger partial charge < -0.3 is 18.6 Å². The summed E-state index contributed by atoms with van der Waals surface area (Å²) in [6.45, 7) is 22.1. The summed E-state index contributed by atoms with van der Waals surface area (Å²) < 4.78 is 47.8. The molecule has 12 aromatic carbocycles. The molecular weight excluding hydrogens is 1120 g/mol. The Hall–Kier alpha value is -10.3. The molecule has 2 aromatic heterocycles. The molecule has 4 nitrogen and oxygen atoms in total. The second kappa shape index (κ2) is 20.4. The molecule has 0 bridgehead atoms. The summed E-state index contributed by atoms with van der Waals surface area (Å²) in [4.78, 5) is 4.75. The Kier molecular flexibility index (Phi) is 12.5. The van der Waals surface area contributed by atoms with E-state index in [4.69, 9.17) is 8.83 Å². The molecule has 2 aliphatic carbocycles. The van der Waals surface area contributed by atoms with E-state index in [1.54, 1.807) is 24.3 Å². The maximum Gasteiger partial charge on any atom is 0.145 e. The molecule has 6 heteroatoms. The molecule has 444 valence electrons. The molecular formula is C85H68F2N2O2. The highest BCUT2D eigenvalue weighted by Gasteiger charge is 2.55. The van der Waals surface area contributed by atoms with E-state index in [2.05, 4.69) is 261 Å². The van der Waals surface area contributed by atoms with Gasteiger partial charge in [0.25, 0.3) is 0 Å². The van der Waals surface area contributed by atoms with Crippen molar-refractivity contribution in [3.05, 3.63) is 298 Å². The molecule has 0 amide bonds. The van der Waals surface area contributed by atoms with E-state index in [9.17, 15) is 0 Å². The molecule has 0 fully saturated rings. The number of hydrogen-bond acceptors (Lipinski definition) is 4. The molecule has 2 aliphatic rings. The van der Waals surface area contributed by atoms with E-state index < -0.39 is 17.0 Å². The predicted octanol–water partition coefficient (Wildman–Crippen LogP) is 24.2. The number of benzene rings is 12. The number of hydrogen-bond donors (Lipinski definition) is 0. The Morgan fingerprint density at radius 3 is 1.03 bits per heavy atom. The monoisotopic (exact) mass is 1190 g/mol. The Morgan fingerprint density at radius 2 is 0.681 bits per heavy atom. The van der Waals surface area contributed by atoms with Crippen molar-refractivity contribution >= 4 is 78.0 Å². The Morgan fingerprint density at radius 1 is 0.341 bits per heavy atom. The SMILES string of the molecule is Cc1cc(C)cc(-c2ccc(N(c3ccc(C(C)(C)C)cc3)c3cc4c(c5oc6ccccc6c35)-c3c(cc(N(c5ccc(-c6cc(C)cc(C)c6)cc5)c5ccc(C(C)(C)C)cc5)c5c3oc3ccccc35)C43c4ccc(F)cc4-c4cc(F)ccc43)cc2)c1. The van der Waals surface area contributed by atoms with Crippen LogP contribution in [0.5, 0.6) is 0 Å². The number of fused-ring (bicyclic) bond motifs is 18. The zero-order valence-electron chi connectivity index (χ0n) is 52.9. The van der Waals surface area contributed by atoms with Crippen LogP contribution in [-0.2, 0) is 16.2 Å². The van der Waals surface area contributed by atoms with Gasteiger partial charge in [-0.05, 0) is 202 Å². The number of rotatable bonds is 8. The second-order valence-corrected chi connectivity index (χ2v) is 27.5. The third-order valence-electron chi connectivity index (χ3n) is 19.2. The number of halogens is 2. The smallest absolute Gasteiger partial charge is 0.145 e. The maximum atomic E-state index is 16.4. The highest BCUT2D eigenvalue weighted by atomic mass is 19.1. The zero-order chi connectivity index (χ0) is 62.6. The third-order valence-corrected chi connectivity index (χ3v) is 19.2. The number of furan rings is 2. The molecule has 91 heavy (non-hydrogen) atoms. The molecule has 0 N–H and O–H groups in total. The highest BCUT2D eigenvalue weighted by Crippen LogP contribution is 2.68. The first kappa shape index (κ1) is 56.0. The minimum atomic E-state index is -1.20. The van der Waals surface area contributed by atoms with Gasteiger partial charge in [-0.1, -0.05) is 197 Å². The van der Waals surface area contributed by atoms with E-state index in [1.165, 1.54) is 33.4 Å². The van der Waals surface area contributed by atoms with E-state index >= 15 is 8.78 Å². The molecule has 0 saturated carbocycles. The van der Waals surface area contributed by atoms with Crippen LogP contribution in [0.15, 0.2) is 239 Å². The van der Waals surface area contributed by atoms with Crippen LogP contribution < -0.4 is 9.80 Å². The summed E-state index contributed by atoms with van der Waals surface area (Å²) in [6, 6.07) is 80.6. The van der Waals surface area contributed by atoms with Gasteiger partial charge in [-0.15, -0.1) is 0 Å². The molecule has 1 spiro atoms. The van der Waals surface area contributed by atoms with Gasteiger partial charge in [0, 0.05) is 44.6 Å². The van der Waals surface area contributed by atoms with Crippen LogP contribution in [0.25, 0.3) is 88.4 Å². The lowest BCUT2D eigenvalue weighted by atomic mass is 9.70. The molecule has 0 radical (unpaired) electrons. The summed E-state index contributed by atoms with van der Waals surface area (Å²) in [5.41, 5.74) is 25.2. The van der Waals surface area contributed by atoms with Gasteiger partial charge in [-0.3, -0.25) is 0 Å². The Bertz CT molecular complexity index is 4930. The predicted molar refractivity (Wildman–Crippen MR) is 374 cm³/mol. The lowest BCUT2D eigenvalue weighted by molar-refractivity contribution is 0.590. The van der Waals surface area contributed by atoms with Gasteiger partial charge in [0.15, 0.2) is 0 Å². The average molecular weight is 1190 g/mol. The molecule has 0 unspecified atom stereocenters. The van der Waals surface area contributed by atoms with E-state index in [0.29, 0.717) is 22.3 Å². The molecule has 16 rings (SSSR count). The number of aryl methyl sites for hydroxylation is 4. The zero-order valence-corrected chi connectivity index (χ0v) is 52.9. The molecule has 14 aromatic rings. The molecule has 0 atom stereocenters. The summed E-state index contributed by atoms with van der Waals surface area (Å²) in [5, 5.41) is 3.74. The van der Waals surface area contributed by atoms with E-state index in [1.807, 2.05) is 24.3 Å². The van der Waals surface area contributed by atoms with Crippen molar-refractivity contribution in [1.29, 1.82) is 0 Å². The van der Waals surface area contributed by atoms with Gasteiger partial charge in [0.2, 0.25) is 0 Å². The normalized spacial score (nSPS) is 13.1. The average Bonchev–Trinajstić information content (AvgIpc) is 1.49. The van der Waals surface area contributed by atoms with Crippen LogP contribution in [-0.4, -0.2) is 0 Å². The first-order valence-electron chi connectivity index (χ1n) is 31.6. The largest absolute Gasteiger partial charge is 0.455 e. The van der Waals surface area contributed by atoms with Crippen LogP contribution >= 0.6 is 0 Å². The van der Waals surface area contributed by atoms with Crippen molar-refractivity contribution in [2.45, 2.75) is 85.5 Å². The van der Waals surface area contributed by atoms with Crippen molar-refractivity contribution in [3.8, 4) is 44.5 Å². The molecule has 2 heterocycles. The fraction of sp³-hybridized carbons (Fsp3) is 0.153. The number of nitrogens with zero attached hydrogens (tertiary/aromatic N) is 2. The van der Waals surface area contributed by atoms with Crippen LogP contribution in [0.3, 0.4) is 0 Å². The van der Waals surface area contributed by atoms with Gasteiger partial charge in [0.1, 0.15) is 34.0 Å². The van der Waals surface area contributed by atoms with Crippen molar-refractivity contribution in [2.24, 2.45) is 0 Å². The van der Waals surface area contributed by atoms with Gasteiger partial charge in [0.05, 0.1) is 27.6 Å². The van der Waals surface area contributed by atoms with Crippen LogP contribution in [0.2, 0.25) is 0 Å². The van der Waals surface area contributed by atoms with Crippen molar-refractivity contribution < 1.29 is 17.6 Å². The van der Waals surface area contributed by atoms with Crippen molar-refractivity contribution in [2.75, 3.05) is 9.80 Å². The Labute approximate surface area is 530 Å². The van der Waals surface area contributed by atoms with Crippen LogP contribution in [0, 0.1) is 39.3 Å². The number of para-hydroxylation sites is 2. The quantitative estimate of drug-likeness (QED) is 0.152. The van der Waals surface area contributed by atoms with Gasteiger partial charge in [-0.25, -0.2) is 8.78 Å². The number of anilines is 6. The van der Waals surface area contributed by atoms with E-state index in [0.717, 1.165) is 122 Å². The highest BCUT2D eigenvalue weighted by molar-refractivity contribution is 6.25. The second-order valence-electron chi connectivity index (χ2n) is 27.5. The molecule has 0 saturated heterocycles. The fourth-order valence-corrected chi connectivity index (χ4v) is 15.2. The maximum absolute atomic E-state index is 16.4. The van der Waals surface area contributed by atoms with Crippen LogP contribution in [0.1, 0.15) is 97.2 Å². The van der Waals surface area contributed by atoms with Crippen LogP contribution in [0.4, 0.5) is 42.9 Å². The summed E-state index contributed by atoms with van der Waals surface area (Å²) in [7, 11) is 0. The fourth-order valence-electron chi connectivity index (χ4n) is 15.2. The summed E-state index contributed by atoms with van der Waals surface area (Å²) in [5.74, 6) is -0.816. The van der Waals surface area contributed by atoms with E-state index in [-0.39, 0.29) is 10.8 Å². The first-order valence-corrected chi connectivity index (χ1v) is 31.6. The molecule has 0 aliphatic heterocycles.